The third kappa shape index (κ3) is 4.24. The zero-order valence-electron chi connectivity index (χ0n) is 13.0. The van der Waals surface area contributed by atoms with Gasteiger partial charge in [-0.1, -0.05) is 30.3 Å². The molecule has 21 heavy (non-hydrogen) atoms. The second kappa shape index (κ2) is 7.85. The lowest BCUT2D eigenvalue weighted by Crippen LogP contribution is -2.46. The molecule has 4 heteroatoms. The van der Waals surface area contributed by atoms with Gasteiger partial charge in [0.1, 0.15) is 0 Å². The van der Waals surface area contributed by atoms with E-state index in [9.17, 15) is 4.79 Å². The van der Waals surface area contributed by atoms with Crippen LogP contribution in [0.15, 0.2) is 30.3 Å². The van der Waals surface area contributed by atoms with Crippen molar-refractivity contribution in [3.05, 3.63) is 35.9 Å². The van der Waals surface area contributed by atoms with Gasteiger partial charge in [-0.2, -0.15) is 11.8 Å². The standard InChI is InChI=1S/C17H26N2OS/c1-13-15(12-14-6-4-3-5-7-14)8-10-19(13)17(20)16(18)9-11-21-2/h3-7,13,15-16H,8-12,18H2,1-2H3/t13-,15+,16+/m1/s1. The maximum Gasteiger partial charge on any atom is 0.239 e. The van der Waals surface area contributed by atoms with Crippen LogP contribution in [0, 0.1) is 5.92 Å². The predicted molar refractivity (Wildman–Crippen MR) is 90.4 cm³/mol. The highest BCUT2D eigenvalue weighted by Crippen LogP contribution is 2.28. The minimum atomic E-state index is -0.338. The van der Waals surface area contributed by atoms with E-state index in [1.54, 1.807) is 11.8 Å². The summed E-state index contributed by atoms with van der Waals surface area (Å²) in [5, 5.41) is 0. The summed E-state index contributed by atoms with van der Waals surface area (Å²) in [4.78, 5) is 14.4. The molecule has 0 aliphatic carbocycles. The molecule has 0 radical (unpaired) electrons. The van der Waals surface area contributed by atoms with Crippen LogP contribution < -0.4 is 5.73 Å². The van der Waals surface area contributed by atoms with E-state index in [2.05, 4.69) is 31.2 Å². The number of benzene rings is 1. The maximum atomic E-state index is 12.5. The zero-order chi connectivity index (χ0) is 15.2. The van der Waals surface area contributed by atoms with Crippen LogP contribution in [0.4, 0.5) is 0 Å². The molecule has 1 fully saturated rings. The Morgan fingerprint density at radius 3 is 2.81 bits per heavy atom. The smallest absolute Gasteiger partial charge is 0.239 e. The fraction of sp³-hybridized carbons (Fsp3) is 0.588. The first-order chi connectivity index (χ1) is 10.1. The summed E-state index contributed by atoms with van der Waals surface area (Å²) in [7, 11) is 0. The quantitative estimate of drug-likeness (QED) is 0.878. The summed E-state index contributed by atoms with van der Waals surface area (Å²) in [6, 6.07) is 10.5. The first-order valence-electron chi connectivity index (χ1n) is 7.72. The van der Waals surface area contributed by atoms with Gasteiger partial charge in [0.05, 0.1) is 6.04 Å². The molecule has 1 aromatic rings. The summed E-state index contributed by atoms with van der Waals surface area (Å²) in [5.41, 5.74) is 7.40. The third-order valence-corrected chi connectivity index (χ3v) is 5.13. The number of carbonyl (C=O) groups excluding carboxylic acids is 1. The van der Waals surface area contributed by atoms with Crippen LogP contribution >= 0.6 is 11.8 Å². The summed E-state index contributed by atoms with van der Waals surface area (Å²) in [6.45, 7) is 3.02. The van der Waals surface area contributed by atoms with E-state index in [4.69, 9.17) is 5.73 Å². The van der Waals surface area contributed by atoms with E-state index in [1.165, 1.54) is 5.56 Å². The van der Waals surface area contributed by atoms with Gasteiger partial charge in [-0.25, -0.2) is 0 Å². The van der Waals surface area contributed by atoms with Crippen molar-refractivity contribution < 1.29 is 4.79 Å². The number of hydrogen-bond acceptors (Lipinski definition) is 3. The molecule has 0 saturated carbocycles. The van der Waals surface area contributed by atoms with E-state index in [0.29, 0.717) is 5.92 Å². The van der Waals surface area contributed by atoms with Crippen molar-refractivity contribution in [1.29, 1.82) is 0 Å². The Labute approximate surface area is 132 Å². The van der Waals surface area contributed by atoms with E-state index in [1.807, 2.05) is 17.2 Å². The topological polar surface area (TPSA) is 46.3 Å². The molecule has 0 aromatic heterocycles. The molecule has 3 nitrogen and oxygen atoms in total. The van der Waals surface area contributed by atoms with Crippen LogP contribution in [0.3, 0.4) is 0 Å². The molecule has 0 spiro atoms. The van der Waals surface area contributed by atoms with Crippen molar-refractivity contribution in [1.82, 2.24) is 4.90 Å². The lowest BCUT2D eigenvalue weighted by Gasteiger charge is -2.27. The number of nitrogens with two attached hydrogens (primary N) is 1. The molecular weight excluding hydrogens is 280 g/mol. The second-order valence-electron chi connectivity index (χ2n) is 5.90. The fourth-order valence-corrected chi connectivity index (χ4v) is 3.58. The summed E-state index contributed by atoms with van der Waals surface area (Å²) >= 11 is 1.74. The highest BCUT2D eigenvalue weighted by atomic mass is 32.2. The highest BCUT2D eigenvalue weighted by Gasteiger charge is 2.35. The number of thioether (sulfide) groups is 1. The SMILES string of the molecule is CSCC[C@H](N)C(=O)N1CC[C@@H](Cc2ccccc2)[C@H]1C. The molecule has 3 atom stereocenters. The molecule has 1 saturated heterocycles. The minimum Gasteiger partial charge on any atom is -0.338 e. The first kappa shape index (κ1) is 16.4. The monoisotopic (exact) mass is 306 g/mol. The minimum absolute atomic E-state index is 0.132. The molecule has 1 heterocycles. The van der Waals surface area contributed by atoms with E-state index in [-0.39, 0.29) is 18.0 Å². The van der Waals surface area contributed by atoms with Crippen LogP contribution in [0.5, 0.6) is 0 Å². The number of rotatable bonds is 6. The molecule has 2 N–H and O–H groups in total. The van der Waals surface area contributed by atoms with E-state index < -0.39 is 0 Å². The maximum absolute atomic E-state index is 12.5. The van der Waals surface area contributed by atoms with Gasteiger partial charge in [0.15, 0.2) is 0 Å². The molecule has 0 unspecified atom stereocenters. The van der Waals surface area contributed by atoms with Crippen molar-refractivity contribution in [2.75, 3.05) is 18.6 Å². The van der Waals surface area contributed by atoms with Crippen molar-refractivity contribution in [3.63, 3.8) is 0 Å². The average Bonchev–Trinajstić information content (AvgIpc) is 2.86. The number of hydrogen-bond donors (Lipinski definition) is 1. The van der Waals surface area contributed by atoms with Crippen molar-refractivity contribution in [2.45, 2.75) is 38.3 Å². The fourth-order valence-electron chi connectivity index (χ4n) is 3.09. The molecule has 1 amide bonds. The summed E-state index contributed by atoms with van der Waals surface area (Å²) in [5.74, 6) is 1.62. The Balaban J connectivity index is 1.91. The van der Waals surface area contributed by atoms with Gasteiger partial charge in [0.25, 0.3) is 0 Å². The Bertz CT molecular complexity index is 451. The van der Waals surface area contributed by atoms with Crippen molar-refractivity contribution >= 4 is 17.7 Å². The van der Waals surface area contributed by atoms with Gasteiger partial charge in [0.2, 0.25) is 5.91 Å². The largest absolute Gasteiger partial charge is 0.338 e. The second-order valence-corrected chi connectivity index (χ2v) is 6.88. The molecule has 116 valence electrons. The lowest BCUT2D eigenvalue weighted by molar-refractivity contribution is -0.133. The van der Waals surface area contributed by atoms with Gasteiger partial charge < -0.3 is 10.6 Å². The molecular formula is C17H26N2OS. The van der Waals surface area contributed by atoms with Gasteiger partial charge in [-0.15, -0.1) is 0 Å². The van der Waals surface area contributed by atoms with Crippen LogP contribution in [-0.2, 0) is 11.2 Å². The third-order valence-electron chi connectivity index (χ3n) is 4.49. The Morgan fingerprint density at radius 1 is 1.43 bits per heavy atom. The number of amides is 1. The number of nitrogens with zero attached hydrogens (tertiary/aromatic N) is 1. The van der Waals surface area contributed by atoms with Crippen molar-refractivity contribution in [2.24, 2.45) is 11.7 Å². The Morgan fingerprint density at radius 2 is 2.14 bits per heavy atom. The van der Waals surface area contributed by atoms with Gasteiger partial charge >= 0.3 is 0 Å². The van der Waals surface area contributed by atoms with Gasteiger partial charge in [0, 0.05) is 12.6 Å². The van der Waals surface area contributed by atoms with Crippen molar-refractivity contribution in [3.8, 4) is 0 Å². The number of likely N-dealkylation sites (tertiary alicyclic amines) is 1. The molecule has 2 rings (SSSR count). The Kier molecular flexibility index (Phi) is 6.12. The normalized spacial score (nSPS) is 23.3. The molecule has 1 aliphatic rings. The van der Waals surface area contributed by atoms with Crippen LogP contribution in [0.2, 0.25) is 0 Å². The zero-order valence-corrected chi connectivity index (χ0v) is 13.8. The Hall–Kier alpha value is -1.00. The van der Waals surface area contributed by atoms with Gasteiger partial charge in [-0.3, -0.25) is 4.79 Å². The van der Waals surface area contributed by atoms with Crippen LogP contribution in [-0.4, -0.2) is 41.4 Å². The average molecular weight is 306 g/mol. The van der Waals surface area contributed by atoms with E-state index >= 15 is 0 Å². The van der Waals surface area contributed by atoms with Crippen LogP contribution in [0.25, 0.3) is 0 Å². The highest BCUT2D eigenvalue weighted by molar-refractivity contribution is 7.98. The summed E-state index contributed by atoms with van der Waals surface area (Å²) < 4.78 is 0. The molecule has 1 aromatic carbocycles. The first-order valence-corrected chi connectivity index (χ1v) is 9.11. The van der Waals surface area contributed by atoms with Gasteiger partial charge in [-0.05, 0) is 49.7 Å². The lowest BCUT2D eigenvalue weighted by atomic mass is 9.93. The van der Waals surface area contributed by atoms with E-state index in [0.717, 1.165) is 31.6 Å². The predicted octanol–water partition coefficient (Wildman–Crippen LogP) is 2.55. The molecule has 0 bridgehead atoms. The van der Waals surface area contributed by atoms with Crippen LogP contribution in [0.1, 0.15) is 25.3 Å². The number of carbonyl (C=O) groups is 1. The summed E-state index contributed by atoms with van der Waals surface area (Å²) in [6.07, 6.45) is 4.95. The molecule has 1 aliphatic heterocycles.